The number of nitrogen functional groups attached to an aromatic ring is 1. The summed E-state index contributed by atoms with van der Waals surface area (Å²) in [4.78, 5) is 11.2. The van der Waals surface area contributed by atoms with Gasteiger partial charge in [0.1, 0.15) is 16.4 Å². The van der Waals surface area contributed by atoms with Crippen LogP contribution in [0.25, 0.3) is 10.6 Å². The molecule has 13 heavy (non-hydrogen) atoms. The third-order valence-electron chi connectivity index (χ3n) is 1.55. The summed E-state index contributed by atoms with van der Waals surface area (Å²) >= 11 is 1.33. The summed E-state index contributed by atoms with van der Waals surface area (Å²) in [5.41, 5.74) is 5.63. The number of hydrogen-bond acceptors (Lipinski definition) is 5. The Labute approximate surface area is 76.8 Å². The van der Waals surface area contributed by atoms with E-state index in [1.807, 2.05) is 6.92 Å². The Bertz CT molecular complexity index is 481. The quantitative estimate of drug-likeness (QED) is 0.604. The fourth-order valence-corrected chi connectivity index (χ4v) is 1.73. The maximum atomic E-state index is 11.2. The molecule has 6 nitrogen and oxygen atoms in total. The van der Waals surface area contributed by atoms with Crippen LogP contribution in [-0.2, 0) is 0 Å². The number of nitrogens with two attached hydrogens (primary N) is 1. The molecule has 2 heterocycles. The molecule has 0 atom stereocenters. The number of nitrogens with zero attached hydrogens (tertiary/aromatic N) is 2. The third-order valence-corrected chi connectivity index (χ3v) is 2.40. The van der Waals surface area contributed by atoms with Crippen molar-refractivity contribution < 1.29 is 0 Å². The predicted molar refractivity (Wildman–Crippen MR) is 49.5 cm³/mol. The van der Waals surface area contributed by atoms with Gasteiger partial charge in [0.25, 0.3) is 5.56 Å². The predicted octanol–water partition coefficient (Wildman–Crippen LogP) is 0.112. The number of aromatic amines is 2. The zero-order valence-electron chi connectivity index (χ0n) is 6.79. The van der Waals surface area contributed by atoms with Crippen LogP contribution in [0.1, 0.15) is 5.01 Å². The van der Waals surface area contributed by atoms with Crippen LogP contribution < -0.4 is 11.3 Å². The van der Waals surface area contributed by atoms with E-state index in [4.69, 9.17) is 5.73 Å². The molecule has 0 aliphatic carbocycles. The van der Waals surface area contributed by atoms with E-state index in [1.165, 1.54) is 11.3 Å². The molecule has 0 fully saturated rings. The second kappa shape index (κ2) is 2.70. The van der Waals surface area contributed by atoms with Crippen molar-refractivity contribution in [1.29, 1.82) is 0 Å². The third kappa shape index (κ3) is 1.22. The summed E-state index contributed by atoms with van der Waals surface area (Å²) < 4.78 is 0. The average molecular weight is 197 g/mol. The van der Waals surface area contributed by atoms with Gasteiger partial charge in [-0.2, -0.15) is 0 Å². The van der Waals surface area contributed by atoms with Crippen LogP contribution in [-0.4, -0.2) is 20.4 Å². The fraction of sp³-hybridized carbons (Fsp3) is 0.167. The highest BCUT2D eigenvalue weighted by Gasteiger charge is 2.13. The van der Waals surface area contributed by atoms with Gasteiger partial charge >= 0.3 is 0 Å². The van der Waals surface area contributed by atoms with Crippen LogP contribution in [0, 0.1) is 6.92 Å². The Morgan fingerprint density at radius 1 is 1.38 bits per heavy atom. The second-order valence-corrected chi connectivity index (χ2v) is 3.68. The van der Waals surface area contributed by atoms with Crippen molar-refractivity contribution in [2.45, 2.75) is 6.92 Å². The summed E-state index contributed by atoms with van der Waals surface area (Å²) in [6.45, 7) is 1.82. The minimum Gasteiger partial charge on any atom is -0.383 e. The molecule has 2 rings (SSSR count). The van der Waals surface area contributed by atoms with Crippen LogP contribution >= 0.6 is 11.3 Å². The van der Waals surface area contributed by atoms with Gasteiger partial charge in [-0.05, 0) is 6.92 Å². The van der Waals surface area contributed by atoms with E-state index < -0.39 is 0 Å². The summed E-state index contributed by atoms with van der Waals surface area (Å²) in [6, 6.07) is 0. The zero-order chi connectivity index (χ0) is 9.42. The Morgan fingerprint density at radius 2 is 2.15 bits per heavy atom. The van der Waals surface area contributed by atoms with Crippen molar-refractivity contribution in [3.05, 3.63) is 15.4 Å². The number of hydrogen-bond donors (Lipinski definition) is 3. The van der Waals surface area contributed by atoms with Gasteiger partial charge in [-0.3, -0.25) is 15.0 Å². The second-order valence-electron chi connectivity index (χ2n) is 2.49. The lowest BCUT2D eigenvalue weighted by atomic mass is 10.3. The fourth-order valence-electron chi connectivity index (χ4n) is 0.981. The highest BCUT2D eigenvalue weighted by Crippen LogP contribution is 2.22. The average Bonchev–Trinajstić information content (AvgIpc) is 2.60. The maximum Gasteiger partial charge on any atom is 0.276 e. The van der Waals surface area contributed by atoms with Gasteiger partial charge < -0.3 is 5.73 Å². The van der Waals surface area contributed by atoms with Gasteiger partial charge in [-0.25, -0.2) is 0 Å². The van der Waals surface area contributed by atoms with Crippen molar-refractivity contribution in [3.8, 4) is 10.6 Å². The summed E-state index contributed by atoms with van der Waals surface area (Å²) in [5.74, 6) is 0.293. The lowest BCUT2D eigenvalue weighted by Gasteiger charge is -1.87. The van der Waals surface area contributed by atoms with Crippen molar-refractivity contribution >= 4 is 17.2 Å². The molecule has 0 aliphatic heterocycles. The molecule has 0 amide bonds. The molecule has 2 aromatic heterocycles. The molecule has 68 valence electrons. The Balaban J connectivity index is 2.64. The van der Waals surface area contributed by atoms with Crippen LogP contribution in [0.5, 0.6) is 0 Å². The smallest absolute Gasteiger partial charge is 0.276 e. The highest BCUT2D eigenvalue weighted by atomic mass is 32.1. The van der Waals surface area contributed by atoms with Crippen molar-refractivity contribution in [2.75, 3.05) is 5.73 Å². The van der Waals surface area contributed by atoms with Crippen LogP contribution in [0.2, 0.25) is 0 Å². The van der Waals surface area contributed by atoms with E-state index in [0.717, 1.165) is 5.01 Å². The molecule has 0 bridgehead atoms. The number of nitrogens with one attached hydrogen (secondary N) is 2. The number of aromatic nitrogens is 4. The minimum atomic E-state index is -0.270. The van der Waals surface area contributed by atoms with Gasteiger partial charge in [-0.15, -0.1) is 10.2 Å². The van der Waals surface area contributed by atoms with E-state index >= 15 is 0 Å². The van der Waals surface area contributed by atoms with E-state index in [2.05, 4.69) is 20.4 Å². The lowest BCUT2D eigenvalue weighted by Crippen LogP contribution is -2.02. The van der Waals surface area contributed by atoms with Crippen LogP contribution in [0.3, 0.4) is 0 Å². The molecule has 7 heteroatoms. The summed E-state index contributed by atoms with van der Waals surface area (Å²) in [5, 5.41) is 13.9. The molecule has 0 saturated heterocycles. The molecule has 0 aliphatic rings. The number of rotatable bonds is 1. The summed E-state index contributed by atoms with van der Waals surface area (Å²) in [7, 11) is 0. The first-order valence-electron chi connectivity index (χ1n) is 3.55. The SMILES string of the molecule is Cc1nnc(-c2c(N)[nH][nH]c2=O)s1. The molecule has 2 aromatic rings. The standard InChI is InChI=1S/C6H7N5OS/c1-2-8-11-6(13-2)3-4(7)9-10-5(3)12/h1H3,(H4,7,9,10,12). The first kappa shape index (κ1) is 7.99. The topological polar surface area (TPSA) is 100 Å². The van der Waals surface area contributed by atoms with Gasteiger partial charge in [0.2, 0.25) is 0 Å². The molecule has 0 aromatic carbocycles. The van der Waals surface area contributed by atoms with Crippen LogP contribution in [0.15, 0.2) is 4.79 Å². The first-order valence-corrected chi connectivity index (χ1v) is 4.36. The molecule has 0 radical (unpaired) electrons. The van der Waals surface area contributed by atoms with Crippen LogP contribution in [0.4, 0.5) is 5.82 Å². The Hall–Kier alpha value is -1.63. The first-order chi connectivity index (χ1) is 6.18. The number of H-pyrrole nitrogens is 2. The van der Waals surface area contributed by atoms with Gasteiger partial charge in [0.15, 0.2) is 5.01 Å². The van der Waals surface area contributed by atoms with Crippen molar-refractivity contribution in [3.63, 3.8) is 0 Å². The Morgan fingerprint density at radius 3 is 2.62 bits per heavy atom. The lowest BCUT2D eigenvalue weighted by molar-refractivity contribution is 1.05. The van der Waals surface area contributed by atoms with Gasteiger partial charge in [0.05, 0.1) is 0 Å². The zero-order valence-corrected chi connectivity index (χ0v) is 7.60. The van der Waals surface area contributed by atoms with Crippen molar-refractivity contribution in [1.82, 2.24) is 20.4 Å². The molecule has 4 N–H and O–H groups in total. The van der Waals surface area contributed by atoms with E-state index in [9.17, 15) is 4.79 Å². The Kier molecular flexibility index (Phi) is 1.66. The molecular formula is C6H7N5OS. The largest absolute Gasteiger partial charge is 0.383 e. The molecule has 0 unspecified atom stereocenters. The normalized spacial score (nSPS) is 10.5. The monoisotopic (exact) mass is 197 g/mol. The maximum absolute atomic E-state index is 11.2. The highest BCUT2D eigenvalue weighted by molar-refractivity contribution is 7.14. The number of anilines is 1. The van der Waals surface area contributed by atoms with Crippen molar-refractivity contribution in [2.24, 2.45) is 0 Å². The van der Waals surface area contributed by atoms with E-state index in [0.29, 0.717) is 16.4 Å². The summed E-state index contributed by atoms with van der Waals surface area (Å²) in [6.07, 6.45) is 0. The number of aryl methyl sites for hydroxylation is 1. The molecular weight excluding hydrogens is 190 g/mol. The molecule has 0 saturated carbocycles. The van der Waals surface area contributed by atoms with Gasteiger partial charge in [0, 0.05) is 0 Å². The molecule has 0 spiro atoms. The van der Waals surface area contributed by atoms with E-state index in [1.54, 1.807) is 0 Å². The van der Waals surface area contributed by atoms with E-state index in [-0.39, 0.29) is 5.56 Å². The van der Waals surface area contributed by atoms with Gasteiger partial charge in [-0.1, -0.05) is 11.3 Å². The minimum absolute atomic E-state index is 0.270.